The van der Waals surface area contributed by atoms with Crippen LogP contribution in [0.15, 0.2) is 77.5 Å². The highest BCUT2D eigenvalue weighted by Crippen LogP contribution is 2.43. The van der Waals surface area contributed by atoms with E-state index >= 15 is 0 Å². The lowest BCUT2D eigenvalue weighted by Crippen LogP contribution is -2.29. The van der Waals surface area contributed by atoms with Crippen LogP contribution in [0.3, 0.4) is 0 Å². The first-order chi connectivity index (χ1) is 16.7. The van der Waals surface area contributed by atoms with Gasteiger partial charge in [-0.1, -0.05) is 0 Å². The molecule has 0 aliphatic carbocycles. The van der Waals surface area contributed by atoms with Gasteiger partial charge in [0.05, 0.1) is 30.7 Å². The Labute approximate surface area is 201 Å². The highest BCUT2D eigenvalue weighted by Gasteiger charge is 2.47. The van der Waals surface area contributed by atoms with Gasteiger partial charge in [0.1, 0.15) is 5.76 Å². The molecule has 1 atom stereocenters. The average Bonchev–Trinajstić information content (AvgIpc) is 3.13. The van der Waals surface area contributed by atoms with Crippen LogP contribution in [-0.2, 0) is 19.6 Å². The molecule has 0 spiro atoms. The highest BCUT2D eigenvalue weighted by molar-refractivity contribution is 7.89. The van der Waals surface area contributed by atoms with Crippen LogP contribution in [0.25, 0.3) is 5.76 Å². The van der Waals surface area contributed by atoms with Crippen molar-refractivity contribution in [2.45, 2.75) is 10.9 Å². The van der Waals surface area contributed by atoms with Crippen LogP contribution >= 0.6 is 0 Å². The van der Waals surface area contributed by atoms with Crippen molar-refractivity contribution in [1.82, 2.24) is 4.98 Å². The first-order valence-corrected chi connectivity index (χ1v) is 11.8. The van der Waals surface area contributed by atoms with Crippen molar-refractivity contribution in [3.8, 4) is 11.5 Å². The Morgan fingerprint density at radius 1 is 0.971 bits per heavy atom. The van der Waals surface area contributed by atoms with Crippen LogP contribution in [0.5, 0.6) is 11.5 Å². The van der Waals surface area contributed by atoms with Crippen LogP contribution in [-0.4, -0.2) is 44.4 Å². The molecule has 35 heavy (non-hydrogen) atoms. The maximum atomic E-state index is 13.2. The second-order valence-corrected chi connectivity index (χ2v) is 9.12. The van der Waals surface area contributed by atoms with Gasteiger partial charge in [-0.2, -0.15) is 0 Å². The second-order valence-electron chi connectivity index (χ2n) is 7.56. The maximum absolute atomic E-state index is 13.2. The second kappa shape index (κ2) is 9.20. The molecule has 1 saturated heterocycles. The molecule has 180 valence electrons. The van der Waals surface area contributed by atoms with Crippen LogP contribution < -0.4 is 19.5 Å². The zero-order valence-electron chi connectivity index (χ0n) is 18.7. The summed E-state index contributed by atoms with van der Waals surface area (Å²) in [6.45, 7) is 0. The third-order valence-electron chi connectivity index (χ3n) is 5.57. The summed E-state index contributed by atoms with van der Waals surface area (Å²) >= 11 is 0. The minimum atomic E-state index is -3.96. The van der Waals surface area contributed by atoms with Crippen molar-refractivity contribution in [2.24, 2.45) is 5.14 Å². The number of aromatic nitrogens is 1. The van der Waals surface area contributed by atoms with Crippen molar-refractivity contribution in [3.05, 3.63) is 83.7 Å². The number of methoxy groups -OCH3 is 2. The molecule has 0 radical (unpaired) electrons. The number of aliphatic hydroxyl groups excluding tert-OH is 1. The number of benzene rings is 2. The monoisotopic (exact) mass is 495 g/mol. The molecule has 1 amide bonds. The number of carbonyl (C=O) groups excluding carboxylic acids is 2. The summed E-state index contributed by atoms with van der Waals surface area (Å²) in [4.78, 5) is 31.4. The number of ketones is 1. The topological polar surface area (TPSA) is 149 Å². The molecule has 1 aliphatic rings. The number of carbonyl (C=O) groups is 2. The summed E-state index contributed by atoms with van der Waals surface area (Å²) in [5, 5.41) is 16.4. The number of aliphatic hydroxyl groups is 1. The predicted octanol–water partition coefficient (Wildman–Crippen LogP) is 2.37. The van der Waals surface area contributed by atoms with Crippen LogP contribution in [0.2, 0.25) is 0 Å². The lowest BCUT2D eigenvalue weighted by atomic mass is 9.95. The van der Waals surface area contributed by atoms with Gasteiger partial charge in [-0.05, 0) is 60.2 Å². The van der Waals surface area contributed by atoms with Crippen LogP contribution in [0.4, 0.5) is 5.69 Å². The van der Waals surface area contributed by atoms with E-state index in [9.17, 15) is 23.1 Å². The van der Waals surface area contributed by atoms with E-state index in [0.717, 1.165) is 0 Å². The third kappa shape index (κ3) is 4.34. The molecule has 1 aromatic heterocycles. The van der Waals surface area contributed by atoms with Gasteiger partial charge in [0.25, 0.3) is 11.7 Å². The summed E-state index contributed by atoms with van der Waals surface area (Å²) in [5.74, 6) is -1.46. The Hall–Kier alpha value is -4.22. The molecular weight excluding hydrogens is 474 g/mol. The molecular formula is C24H21N3O7S. The molecule has 11 heteroatoms. The van der Waals surface area contributed by atoms with Crippen molar-refractivity contribution in [2.75, 3.05) is 19.1 Å². The number of sulfonamides is 1. The van der Waals surface area contributed by atoms with Gasteiger partial charge < -0.3 is 14.6 Å². The quantitative estimate of drug-likeness (QED) is 0.301. The van der Waals surface area contributed by atoms with E-state index in [-0.39, 0.29) is 21.7 Å². The fourth-order valence-corrected chi connectivity index (χ4v) is 4.41. The van der Waals surface area contributed by atoms with E-state index in [1.54, 1.807) is 18.2 Å². The van der Waals surface area contributed by atoms with Crippen molar-refractivity contribution in [1.29, 1.82) is 0 Å². The van der Waals surface area contributed by atoms with E-state index in [1.165, 1.54) is 67.9 Å². The number of anilines is 1. The lowest BCUT2D eigenvalue weighted by molar-refractivity contribution is -0.132. The van der Waals surface area contributed by atoms with Gasteiger partial charge in [0.2, 0.25) is 10.0 Å². The predicted molar refractivity (Wildman–Crippen MR) is 126 cm³/mol. The maximum Gasteiger partial charge on any atom is 0.300 e. The molecule has 4 rings (SSSR count). The molecule has 3 N–H and O–H groups in total. The van der Waals surface area contributed by atoms with Crippen molar-refractivity contribution in [3.63, 3.8) is 0 Å². The first-order valence-electron chi connectivity index (χ1n) is 10.2. The zero-order valence-corrected chi connectivity index (χ0v) is 19.5. The summed E-state index contributed by atoms with van der Waals surface area (Å²) in [7, 11) is -1.06. The molecule has 1 unspecified atom stereocenters. The molecule has 1 fully saturated rings. The van der Waals surface area contributed by atoms with Gasteiger partial charge in [-0.25, -0.2) is 13.6 Å². The number of primary sulfonamides is 1. The van der Waals surface area contributed by atoms with E-state index < -0.39 is 33.5 Å². The summed E-state index contributed by atoms with van der Waals surface area (Å²) < 4.78 is 33.8. The summed E-state index contributed by atoms with van der Waals surface area (Å²) in [5.41, 5.74) is 0.845. The Morgan fingerprint density at radius 2 is 1.60 bits per heavy atom. The largest absolute Gasteiger partial charge is 0.507 e. The molecule has 10 nitrogen and oxygen atoms in total. The minimum absolute atomic E-state index is 0.149. The Kier molecular flexibility index (Phi) is 6.29. The summed E-state index contributed by atoms with van der Waals surface area (Å²) in [6.07, 6.45) is 2.99. The molecule has 0 bridgehead atoms. The number of pyridine rings is 1. The molecule has 0 saturated carbocycles. The van der Waals surface area contributed by atoms with E-state index in [2.05, 4.69) is 4.98 Å². The molecule has 2 aromatic carbocycles. The minimum Gasteiger partial charge on any atom is -0.507 e. The molecule has 3 aromatic rings. The SMILES string of the molecule is COc1ccc(/C(O)=C2\C(=O)C(=O)N(c3ccc(S(N)(=O)=O)cc3)C2c2ccncc2)cc1OC. The molecule has 1 aliphatic heterocycles. The lowest BCUT2D eigenvalue weighted by Gasteiger charge is -2.25. The van der Waals surface area contributed by atoms with E-state index in [1.807, 2.05) is 0 Å². The number of ether oxygens (including phenoxy) is 2. The van der Waals surface area contributed by atoms with Gasteiger partial charge in [0, 0.05) is 23.6 Å². The number of hydrogen-bond acceptors (Lipinski definition) is 8. The highest BCUT2D eigenvalue weighted by atomic mass is 32.2. The fourth-order valence-electron chi connectivity index (χ4n) is 3.90. The van der Waals surface area contributed by atoms with Gasteiger partial charge in [0.15, 0.2) is 11.5 Å². The number of nitrogens with two attached hydrogens (primary N) is 1. The fraction of sp³-hybridized carbons (Fsp3) is 0.125. The van der Waals surface area contributed by atoms with Gasteiger partial charge >= 0.3 is 0 Å². The van der Waals surface area contributed by atoms with Gasteiger partial charge in [-0.3, -0.25) is 19.5 Å². The number of hydrogen-bond donors (Lipinski definition) is 2. The first kappa shape index (κ1) is 23.9. The van der Waals surface area contributed by atoms with Crippen LogP contribution in [0, 0.1) is 0 Å². The number of rotatable bonds is 6. The number of Topliss-reactive ketones (excluding diaryl/α,β-unsaturated/α-hetero) is 1. The Bertz CT molecular complexity index is 1440. The van der Waals surface area contributed by atoms with E-state index in [0.29, 0.717) is 17.1 Å². The Balaban J connectivity index is 1.91. The number of nitrogens with zero attached hydrogens (tertiary/aromatic N) is 2. The normalized spacial score (nSPS) is 17.5. The standard InChI is InChI=1S/C24H21N3O7S/c1-33-18-8-3-15(13-19(18)34-2)22(28)20-21(14-9-11-26-12-10-14)27(24(30)23(20)29)16-4-6-17(7-5-16)35(25,31)32/h3-13,21,28H,1-2H3,(H2,25,31,32)/b22-20+. The zero-order chi connectivity index (χ0) is 25.3. The van der Waals surface area contributed by atoms with E-state index in [4.69, 9.17) is 14.6 Å². The Morgan fingerprint density at radius 3 is 2.17 bits per heavy atom. The smallest absolute Gasteiger partial charge is 0.300 e. The van der Waals surface area contributed by atoms with Gasteiger partial charge in [-0.15, -0.1) is 0 Å². The molecule has 2 heterocycles. The third-order valence-corrected chi connectivity index (χ3v) is 6.50. The average molecular weight is 496 g/mol. The van der Waals surface area contributed by atoms with Crippen molar-refractivity contribution >= 4 is 33.2 Å². The van der Waals surface area contributed by atoms with Crippen molar-refractivity contribution < 1.29 is 32.6 Å². The van der Waals surface area contributed by atoms with Crippen LogP contribution in [0.1, 0.15) is 17.2 Å². The number of amides is 1. The summed E-state index contributed by atoms with van der Waals surface area (Å²) in [6, 6.07) is 12.0.